The summed E-state index contributed by atoms with van der Waals surface area (Å²) in [6.45, 7) is 1.14. The highest BCUT2D eigenvalue weighted by Crippen LogP contribution is 2.11. The highest BCUT2D eigenvalue weighted by atomic mass is 16.4. The highest BCUT2D eigenvalue weighted by molar-refractivity contribution is 5.86. The van der Waals surface area contributed by atoms with Gasteiger partial charge in [-0.2, -0.15) is 0 Å². The lowest BCUT2D eigenvalue weighted by atomic mass is 10.2. The molecular weight excluding hydrogens is 232 g/mol. The second-order valence-corrected chi connectivity index (χ2v) is 4.07. The van der Waals surface area contributed by atoms with Gasteiger partial charge in [-0.05, 0) is 30.8 Å². The van der Waals surface area contributed by atoms with Crippen molar-refractivity contribution in [2.24, 2.45) is 0 Å². The Morgan fingerprint density at radius 3 is 2.89 bits per heavy atom. The number of hydrogen-bond acceptors (Lipinski definition) is 4. The Bertz CT molecular complexity index is 523. The van der Waals surface area contributed by atoms with Crippen LogP contribution in [-0.4, -0.2) is 28.0 Å². The molecule has 0 saturated carbocycles. The lowest BCUT2D eigenvalue weighted by Crippen LogP contribution is -2.19. The Morgan fingerprint density at radius 1 is 1.39 bits per heavy atom. The predicted molar refractivity (Wildman–Crippen MR) is 65.1 cm³/mol. The van der Waals surface area contributed by atoms with Crippen LogP contribution in [0.3, 0.4) is 0 Å². The number of furan rings is 1. The fourth-order valence-corrected chi connectivity index (χ4v) is 1.77. The van der Waals surface area contributed by atoms with Gasteiger partial charge in [-0.25, -0.2) is 9.78 Å². The second kappa shape index (κ2) is 5.46. The minimum Gasteiger partial charge on any atom is -0.477 e. The van der Waals surface area contributed by atoms with E-state index in [4.69, 9.17) is 9.52 Å². The molecule has 0 spiro atoms. The quantitative estimate of drug-likeness (QED) is 0.874. The fourth-order valence-electron chi connectivity index (χ4n) is 1.77. The van der Waals surface area contributed by atoms with Crippen LogP contribution >= 0.6 is 0 Å². The number of nitrogens with zero attached hydrogens (tertiary/aromatic N) is 2. The van der Waals surface area contributed by atoms with Crippen LogP contribution < -0.4 is 0 Å². The first kappa shape index (κ1) is 12.3. The summed E-state index contributed by atoms with van der Waals surface area (Å²) < 4.78 is 5.25. The summed E-state index contributed by atoms with van der Waals surface area (Å²) in [5.74, 6) is -0.157. The highest BCUT2D eigenvalue weighted by Gasteiger charge is 2.13. The van der Waals surface area contributed by atoms with E-state index >= 15 is 0 Å². The van der Waals surface area contributed by atoms with E-state index in [0.29, 0.717) is 18.7 Å². The third-order valence-corrected chi connectivity index (χ3v) is 2.54. The van der Waals surface area contributed by atoms with Crippen LogP contribution in [-0.2, 0) is 13.1 Å². The Balaban J connectivity index is 2.07. The molecule has 18 heavy (non-hydrogen) atoms. The van der Waals surface area contributed by atoms with Crippen molar-refractivity contribution in [3.05, 3.63) is 53.7 Å². The molecule has 0 atom stereocenters. The lowest BCUT2D eigenvalue weighted by Gasteiger charge is -2.15. The van der Waals surface area contributed by atoms with Crippen molar-refractivity contribution in [3.8, 4) is 0 Å². The van der Waals surface area contributed by atoms with Gasteiger partial charge in [-0.1, -0.05) is 6.07 Å². The van der Waals surface area contributed by atoms with Crippen LogP contribution in [0.15, 0.2) is 41.1 Å². The number of carbonyl (C=O) groups is 1. The summed E-state index contributed by atoms with van der Waals surface area (Å²) in [5, 5.41) is 9.04. The minimum absolute atomic E-state index is 0.101. The molecule has 0 radical (unpaired) electrons. The summed E-state index contributed by atoms with van der Waals surface area (Å²) >= 11 is 0. The zero-order valence-corrected chi connectivity index (χ0v) is 10.0. The minimum atomic E-state index is -1.00. The third kappa shape index (κ3) is 2.95. The second-order valence-electron chi connectivity index (χ2n) is 4.07. The van der Waals surface area contributed by atoms with Crippen molar-refractivity contribution in [3.63, 3.8) is 0 Å². The molecule has 5 nitrogen and oxygen atoms in total. The Kier molecular flexibility index (Phi) is 3.74. The van der Waals surface area contributed by atoms with Crippen LogP contribution in [0.4, 0.5) is 0 Å². The van der Waals surface area contributed by atoms with E-state index in [9.17, 15) is 4.79 Å². The molecule has 1 N–H and O–H groups in total. The van der Waals surface area contributed by atoms with Crippen LogP contribution in [0.1, 0.15) is 21.8 Å². The topological polar surface area (TPSA) is 66.6 Å². The number of rotatable bonds is 5. The molecule has 0 unspecified atom stereocenters. The fraction of sp³-hybridized carbons (Fsp3) is 0.231. The first-order chi connectivity index (χ1) is 8.66. The maximum absolute atomic E-state index is 11.0. The molecule has 0 aromatic carbocycles. The largest absolute Gasteiger partial charge is 0.477 e. The molecule has 0 aliphatic rings. The lowest BCUT2D eigenvalue weighted by molar-refractivity contribution is 0.0688. The SMILES string of the molecule is CN(Cc1ccco1)Cc1cccnc1C(=O)O. The molecule has 2 aromatic heterocycles. The average molecular weight is 246 g/mol. The van der Waals surface area contributed by atoms with E-state index in [1.54, 1.807) is 18.4 Å². The standard InChI is InChI=1S/C13H14N2O3/c1-15(9-11-5-3-7-18-11)8-10-4-2-6-14-12(10)13(16)17/h2-7H,8-9H2,1H3,(H,16,17). The summed E-state index contributed by atoms with van der Waals surface area (Å²) in [6.07, 6.45) is 3.11. The van der Waals surface area contributed by atoms with Gasteiger partial charge in [-0.15, -0.1) is 0 Å². The zero-order chi connectivity index (χ0) is 13.0. The molecule has 0 aliphatic heterocycles. The van der Waals surface area contributed by atoms with E-state index in [1.807, 2.05) is 24.1 Å². The Hall–Kier alpha value is -2.14. The van der Waals surface area contributed by atoms with Gasteiger partial charge in [0.2, 0.25) is 0 Å². The van der Waals surface area contributed by atoms with Gasteiger partial charge in [0.1, 0.15) is 5.76 Å². The van der Waals surface area contributed by atoms with Gasteiger partial charge < -0.3 is 9.52 Å². The molecule has 2 heterocycles. The summed E-state index contributed by atoms with van der Waals surface area (Å²) in [7, 11) is 1.90. The monoisotopic (exact) mass is 246 g/mol. The smallest absolute Gasteiger partial charge is 0.354 e. The zero-order valence-electron chi connectivity index (χ0n) is 10.0. The molecule has 0 amide bonds. The molecule has 94 valence electrons. The average Bonchev–Trinajstić information content (AvgIpc) is 2.82. The number of pyridine rings is 1. The number of hydrogen-bond donors (Lipinski definition) is 1. The van der Waals surface area contributed by atoms with Crippen LogP contribution in [0.5, 0.6) is 0 Å². The summed E-state index contributed by atoms with van der Waals surface area (Å²) in [6, 6.07) is 7.23. The molecule has 0 saturated heterocycles. The normalized spacial score (nSPS) is 10.8. The maximum atomic E-state index is 11.0. The van der Waals surface area contributed by atoms with E-state index in [1.165, 1.54) is 6.20 Å². The van der Waals surface area contributed by atoms with Crippen molar-refractivity contribution in [1.29, 1.82) is 0 Å². The molecular formula is C13H14N2O3. The van der Waals surface area contributed by atoms with Crippen molar-refractivity contribution in [2.75, 3.05) is 7.05 Å². The molecule has 5 heteroatoms. The Morgan fingerprint density at radius 2 is 2.22 bits per heavy atom. The van der Waals surface area contributed by atoms with E-state index in [2.05, 4.69) is 4.98 Å². The summed E-state index contributed by atoms with van der Waals surface area (Å²) in [5.41, 5.74) is 0.794. The predicted octanol–water partition coefficient (Wildman–Crippen LogP) is 2.00. The van der Waals surface area contributed by atoms with Crippen LogP contribution in [0.2, 0.25) is 0 Å². The van der Waals surface area contributed by atoms with Gasteiger partial charge in [-0.3, -0.25) is 4.90 Å². The third-order valence-electron chi connectivity index (χ3n) is 2.54. The van der Waals surface area contributed by atoms with Gasteiger partial charge in [0.25, 0.3) is 0 Å². The van der Waals surface area contributed by atoms with Gasteiger partial charge in [0.05, 0.1) is 12.8 Å². The molecule has 2 aromatic rings. The first-order valence-electron chi connectivity index (χ1n) is 5.55. The van der Waals surface area contributed by atoms with E-state index in [-0.39, 0.29) is 5.69 Å². The van der Waals surface area contributed by atoms with Gasteiger partial charge in [0.15, 0.2) is 5.69 Å². The van der Waals surface area contributed by atoms with Crippen molar-refractivity contribution >= 4 is 5.97 Å². The molecule has 0 fully saturated rings. The number of carboxylic acid groups (broad SMARTS) is 1. The van der Waals surface area contributed by atoms with Gasteiger partial charge in [0, 0.05) is 12.7 Å². The number of aromatic carboxylic acids is 1. The van der Waals surface area contributed by atoms with Crippen molar-refractivity contribution in [1.82, 2.24) is 9.88 Å². The van der Waals surface area contributed by atoms with Crippen LogP contribution in [0.25, 0.3) is 0 Å². The number of aromatic nitrogens is 1. The van der Waals surface area contributed by atoms with Crippen molar-refractivity contribution < 1.29 is 14.3 Å². The molecule has 0 aliphatic carbocycles. The molecule has 2 rings (SSSR count). The summed E-state index contributed by atoms with van der Waals surface area (Å²) in [4.78, 5) is 16.9. The number of carboxylic acids is 1. The van der Waals surface area contributed by atoms with Gasteiger partial charge >= 0.3 is 5.97 Å². The molecule has 0 bridgehead atoms. The maximum Gasteiger partial charge on any atom is 0.354 e. The van der Waals surface area contributed by atoms with Crippen LogP contribution in [0, 0.1) is 0 Å². The Labute approximate surface area is 105 Å². The van der Waals surface area contributed by atoms with E-state index in [0.717, 1.165) is 5.76 Å². The van der Waals surface area contributed by atoms with E-state index < -0.39 is 5.97 Å². The first-order valence-corrected chi connectivity index (χ1v) is 5.55. The van der Waals surface area contributed by atoms with Crippen molar-refractivity contribution in [2.45, 2.75) is 13.1 Å².